The van der Waals surface area contributed by atoms with Crippen molar-refractivity contribution in [3.8, 4) is 28.4 Å². The summed E-state index contributed by atoms with van der Waals surface area (Å²) in [5.41, 5.74) is 5.02. The molecule has 2 amide bonds. The van der Waals surface area contributed by atoms with Crippen molar-refractivity contribution in [2.75, 3.05) is 10.6 Å². The van der Waals surface area contributed by atoms with Gasteiger partial charge >= 0.3 is 6.03 Å². The van der Waals surface area contributed by atoms with E-state index in [1.807, 2.05) is 42.8 Å². The van der Waals surface area contributed by atoms with Gasteiger partial charge in [-0.1, -0.05) is 0 Å². The molecule has 5 rings (SSSR count). The fraction of sp³-hybridized carbons (Fsp3) is 0.0769. The maximum absolute atomic E-state index is 14.7. The monoisotopic (exact) mass is 483 g/mol. The van der Waals surface area contributed by atoms with Crippen LogP contribution in [-0.2, 0) is 0 Å². The first kappa shape index (κ1) is 22.8. The van der Waals surface area contributed by atoms with Crippen LogP contribution in [0.15, 0.2) is 79.6 Å². The van der Waals surface area contributed by atoms with Gasteiger partial charge in [0, 0.05) is 53.3 Å². The molecule has 0 aliphatic heterocycles. The average molecular weight is 484 g/mol. The fourth-order valence-electron chi connectivity index (χ4n) is 3.65. The Bertz CT molecular complexity index is 1530. The van der Waals surface area contributed by atoms with Crippen LogP contribution in [0, 0.1) is 19.7 Å². The number of aromatic amines is 1. The SMILES string of the molecule is Cc1cc(NC(=O)Nc2ccc(Oc3ccnc(-c4cn[nH]c4)c3)c(F)c2)cc(-n2cnc(C)c2)c1. The van der Waals surface area contributed by atoms with Crippen LogP contribution in [0.4, 0.5) is 20.6 Å². The Hall–Kier alpha value is -4.99. The Morgan fingerprint density at radius 3 is 2.64 bits per heavy atom. The molecule has 0 unspecified atom stereocenters. The van der Waals surface area contributed by atoms with E-state index in [2.05, 4.69) is 30.8 Å². The quantitative estimate of drug-likeness (QED) is 0.281. The summed E-state index contributed by atoms with van der Waals surface area (Å²) >= 11 is 0. The molecule has 0 saturated heterocycles. The number of nitrogens with zero attached hydrogens (tertiary/aromatic N) is 4. The zero-order valence-electron chi connectivity index (χ0n) is 19.5. The molecule has 0 aliphatic carbocycles. The number of pyridine rings is 1. The van der Waals surface area contributed by atoms with Gasteiger partial charge in [-0.2, -0.15) is 5.10 Å². The van der Waals surface area contributed by atoms with Crippen molar-refractivity contribution in [3.05, 3.63) is 96.7 Å². The van der Waals surface area contributed by atoms with Crippen LogP contribution < -0.4 is 15.4 Å². The van der Waals surface area contributed by atoms with Crippen molar-refractivity contribution in [2.24, 2.45) is 0 Å². The van der Waals surface area contributed by atoms with Crippen LogP contribution in [0.25, 0.3) is 16.9 Å². The maximum Gasteiger partial charge on any atom is 0.323 e. The number of urea groups is 1. The highest BCUT2D eigenvalue weighted by Gasteiger charge is 2.11. The van der Waals surface area contributed by atoms with E-state index >= 15 is 0 Å². The van der Waals surface area contributed by atoms with E-state index in [1.165, 1.54) is 12.1 Å². The Balaban J connectivity index is 1.26. The van der Waals surface area contributed by atoms with E-state index in [-0.39, 0.29) is 11.4 Å². The third-order valence-electron chi connectivity index (χ3n) is 5.27. The zero-order valence-corrected chi connectivity index (χ0v) is 19.5. The Morgan fingerprint density at radius 1 is 1.03 bits per heavy atom. The van der Waals surface area contributed by atoms with Crippen LogP contribution in [0.5, 0.6) is 11.5 Å². The van der Waals surface area contributed by atoms with E-state index < -0.39 is 11.8 Å². The summed E-state index contributed by atoms with van der Waals surface area (Å²) in [5.74, 6) is -0.186. The highest BCUT2D eigenvalue weighted by Crippen LogP contribution is 2.29. The number of carbonyl (C=O) groups is 1. The standard InChI is InChI=1S/C26H22FN7O2/c1-16-7-20(9-21(8-16)34-14-17(2)29-15-34)33-26(35)32-19-3-4-25(23(27)10-19)36-22-5-6-28-24(11-22)18-12-30-31-13-18/h3-15H,1-2H3,(H,30,31)(H2,32,33,35). The van der Waals surface area contributed by atoms with Gasteiger partial charge in [-0.3, -0.25) is 10.1 Å². The summed E-state index contributed by atoms with van der Waals surface area (Å²) < 4.78 is 22.3. The number of hydrogen-bond acceptors (Lipinski definition) is 5. The third-order valence-corrected chi connectivity index (χ3v) is 5.27. The second kappa shape index (κ2) is 9.71. The molecule has 0 aliphatic rings. The lowest BCUT2D eigenvalue weighted by molar-refractivity contribution is 0.262. The van der Waals surface area contributed by atoms with Gasteiger partial charge in [0.05, 0.1) is 23.9 Å². The lowest BCUT2D eigenvalue weighted by atomic mass is 10.2. The molecule has 2 aromatic carbocycles. The Morgan fingerprint density at radius 2 is 1.89 bits per heavy atom. The number of aryl methyl sites for hydroxylation is 2. The molecule has 0 fully saturated rings. The van der Waals surface area contributed by atoms with E-state index in [0.29, 0.717) is 17.1 Å². The predicted molar refractivity (Wildman–Crippen MR) is 134 cm³/mol. The minimum atomic E-state index is -0.622. The topological polar surface area (TPSA) is 110 Å². The molecule has 3 heterocycles. The average Bonchev–Trinajstić information content (AvgIpc) is 3.53. The lowest BCUT2D eigenvalue weighted by Crippen LogP contribution is -2.19. The van der Waals surface area contributed by atoms with Crippen LogP contribution >= 0.6 is 0 Å². The number of carbonyl (C=O) groups excluding carboxylic acids is 1. The van der Waals surface area contributed by atoms with Crippen molar-refractivity contribution in [2.45, 2.75) is 13.8 Å². The van der Waals surface area contributed by atoms with E-state index in [4.69, 9.17) is 4.74 Å². The van der Waals surface area contributed by atoms with Gasteiger partial charge in [-0.05, 0) is 55.8 Å². The van der Waals surface area contributed by atoms with Gasteiger partial charge in [-0.15, -0.1) is 0 Å². The number of halogens is 1. The van der Waals surface area contributed by atoms with E-state index in [9.17, 15) is 9.18 Å². The number of imidazole rings is 1. The summed E-state index contributed by atoms with van der Waals surface area (Å²) in [4.78, 5) is 21.1. The van der Waals surface area contributed by atoms with Crippen LogP contribution in [0.3, 0.4) is 0 Å². The number of benzene rings is 2. The van der Waals surface area contributed by atoms with Gasteiger partial charge < -0.3 is 19.9 Å². The van der Waals surface area contributed by atoms with Gasteiger partial charge in [0.1, 0.15) is 5.75 Å². The Labute approximate surface area is 206 Å². The minimum Gasteiger partial charge on any atom is -0.454 e. The number of ether oxygens (including phenoxy) is 1. The van der Waals surface area contributed by atoms with Crippen molar-refractivity contribution in [3.63, 3.8) is 0 Å². The van der Waals surface area contributed by atoms with Gasteiger partial charge in [0.2, 0.25) is 0 Å². The van der Waals surface area contributed by atoms with Crippen LogP contribution in [0.1, 0.15) is 11.3 Å². The number of H-pyrrole nitrogens is 1. The van der Waals surface area contributed by atoms with Gasteiger partial charge in [0.15, 0.2) is 11.6 Å². The lowest BCUT2D eigenvalue weighted by Gasteiger charge is -2.12. The maximum atomic E-state index is 14.7. The first-order valence-electron chi connectivity index (χ1n) is 11.1. The van der Waals surface area contributed by atoms with Crippen molar-refractivity contribution in [1.29, 1.82) is 0 Å². The molecule has 10 heteroatoms. The number of rotatable bonds is 6. The molecule has 0 bridgehead atoms. The molecule has 0 atom stereocenters. The second-order valence-electron chi connectivity index (χ2n) is 8.17. The molecule has 5 aromatic rings. The van der Waals surface area contributed by atoms with E-state index in [1.54, 1.807) is 43.1 Å². The zero-order chi connectivity index (χ0) is 25.1. The number of nitrogens with one attached hydrogen (secondary N) is 3. The van der Waals surface area contributed by atoms with Crippen molar-refractivity contribution < 1.29 is 13.9 Å². The predicted octanol–water partition coefficient (Wildman–Crippen LogP) is 5.85. The normalized spacial score (nSPS) is 10.8. The fourth-order valence-corrected chi connectivity index (χ4v) is 3.65. The number of anilines is 2. The van der Waals surface area contributed by atoms with Crippen molar-refractivity contribution in [1.82, 2.24) is 24.7 Å². The molecule has 0 radical (unpaired) electrons. The highest BCUT2D eigenvalue weighted by molar-refractivity contribution is 6.00. The minimum absolute atomic E-state index is 0.0178. The smallest absolute Gasteiger partial charge is 0.323 e. The number of aromatic nitrogens is 5. The number of amides is 2. The van der Waals surface area contributed by atoms with Gasteiger partial charge in [-0.25, -0.2) is 14.2 Å². The highest BCUT2D eigenvalue weighted by atomic mass is 19.1. The molecule has 9 nitrogen and oxygen atoms in total. The Kier molecular flexibility index (Phi) is 6.14. The molecule has 0 spiro atoms. The molecular formula is C26H22FN7O2. The summed E-state index contributed by atoms with van der Waals surface area (Å²) in [6.45, 7) is 3.84. The van der Waals surface area contributed by atoms with Crippen molar-refractivity contribution >= 4 is 17.4 Å². The summed E-state index contributed by atoms with van der Waals surface area (Å²) in [6.07, 6.45) is 8.52. The largest absolute Gasteiger partial charge is 0.454 e. The van der Waals surface area contributed by atoms with Gasteiger partial charge in [0.25, 0.3) is 0 Å². The second-order valence-corrected chi connectivity index (χ2v) is 8.17. The van der Waals surface area contributed by atoms with Crippen LogP contribution in [0.2, 0.25) is 0 Å². The molecule has 36 heavy (non-hydrogen) atoms. The molecule has 3 aromatic heterocycles. The summed E-state index contributed by atoms with van der Waals surface area (Å²) in [5, 5.41) is 12.1. The van der Waals surface area contributed by atoms with E-state index in [0.717, 1.165) is 22.5 Å². The first-order valence-corrected chi connectivity index (χ1v) is 11.1. The number of hydrogen-bond donors (Lipinski definition) is 3. The first-order chi connectivity index (χ1) is 17.4. The molecule has 0 saturated carbocycles. The van der Waals surface area contributed by atoms with Crippen LogP contribution in [-0.4, -0.2) is 30.8 Å². The molecule has 180 valence electrons. The molecular weight excluding hydrogens is 461 g/mol. The summed E-state index contributed by atoms with van der Waals surface area (Å²) in [7, 11) is 0. The summed E-state index contributed by atoms with van der Waals surface area (Å²) in [6, 6.07) is 12.7. The third kappa shape index (κ3) is 5.22. The molecule has 3 N–H and O–H groups in total.